The number of anilines is 1. The predicted molar refractivity (Wildman–Crippen MR) is 116 cm³/mol. The first-order valence-electron chi connectivity index (χ1n) is 9.28. The van der Waals surface area contributed by atoms with Crippen molar-refractivity contribution < 1.29 is 9.47 Å². The van der Waals surface area contributed by atoms with Crippen molar-refractivity contribution >= 4 is 11.9 Å². The van der Waals surface area contributed by atoms with Gasteiger partial charge in [0.25, 0.3) is 0 Å². The van der Waals surface area contributed by atoms with Crippen LogP contribution in [0, 0.1) is 20.8 Å². The SMILES string of the molecule is COc1cccc(/C=N/Nc2ccc(C)c(C)c2)c1OCc1cccc(C)c1. The standard InChI is InChI=1S/C24H26N2O2/c1-17-7-5-8-20(13-17)16-28-24-21(9-6-10-23(24)27-4)15-25-26-22-12-11-18(2)19(3)14-22/h5-15,26H,16H2,1-4H3/b25-15+. The van der Waals surface area contributed by atoms with Gasteiger partial charge in [-0.2, -0.15) is 5.10 Å². The number of hydrogen-bond donors (Lipinski definition) is 1. The summed E-state index contributed by atoms with van der Waals surface area (Å²) in [5.41, 5.74) is 9.69. The summed E-state index contributed by atoms with van der Waals surface area (Å²) < 4.78 is 11.6. The van der Waals surface area contributed by atoms with Gasteiger partial charge in [0, 0.05) is 5.56 Å². The predicted octanol–water partition coefficient (Wildman–Crippen LogP) is 5.65. The van der Waals surface area contributed by atoms with Gasteiger partial charge in [-0.3, -0.25) is 5.43 Å². The number of para-hydroxylation sites is 1. The molecular formula is C24H26N2O2. The van der Waals surface area contributed by atoms with Crippen LogP contribution >= 0.6 is 0 Å². The van der Waals surface area contributed by atoms with Gasteiger partial charge in [0.2, 0.25) is 0 Å². The Bertz CT molecular complexity index is 980. The Morgan fingerprint density at radius 3 is 2.50 bits per heavy atom. The van der Waals surface area contributed by atoms with Crippen LogP contribution in [0.4, 0.5) is 5.69 Å². The van der Waals surface area contributed by atoms with Gasteiger partial charge < -0.3 is 9.47 Å². The molecule has 3 aromatic rings. The van der Waals surface area contributed by atoms with Crippen LogP contribution in [0.25, 0.3) is 0 Å². The Kier molecular flexibility index (Phi) is 6.33. The zero-order chi connectivity index (χ0) is 19.9. The van der Waals surface area contributed by atoms with E-state index in [9.17, 15) is 0 Å². The van der Waals surface area contributed by atoms with Gasteiger partial charge in [0.15, 0.2) is 11.5 Å². The van der Waals surface area contributed by atoms with Gasteiger partial charge in [-0.1, -0.05) is 42.0 Å². The molecule has 0 bridgehead atoms. The first kappa shape index (κ1) is 19.5. The fourth-order valence-electron chi connectivity index (χ4n) is 2.89. The number of ether oxygens (including phenoxy) is 2. The first-order valence-corrected chi connectivity index (χ1v) is 9.28. The minimum atomic E-state index is 0.466. The molecule has 3 aromatic carbocycles. The topological polar surface area (TPSA) is 42.8 Å². The van der Waals surface area contributed by atoms with Crippen molar-refractivity contribution in [3.63, 3.8) is 0 Å². The lowest BCUT2D eigenvalue weighted by Crippen LogP contribution is -2.02. The van der Waals surface area contributed by atoms with Crippen molar-refractivity contribution in [1.29, 1.82) is 0 Å². The second kappa shape index (κ2) is 9.09. The second-order valence-electron chi connectivity index (χ2n) is 6.83. The molecule has 0 aliphatic heterocycles. The van der Waals surface area contributed by atoms with Gasteiger partial charge in [-0.15, -0.1) is 0 Å². The molecule has 0 saturated carbocycles. The number of aryl methyl sites for hydroxylation is 3. The molecule has 3 rings (SSSR count). The van der Waals surface area contributed by atoms with Crippen LogP contribution in [0.1, 0.15) is 27.8 Å². The van der Waals surface area contributed by atoms with E-state index in [0.717, 1.165) is 16.8 Å². The molecule has 28 heavy (non-hydrogen) atoms. The van der Waals surface area contributed by atoms with Crippen LogP contribution in [-0.2, 0) is 6.61 Å². The quantitative estimate of drug-likeness (QED) is 0.429. The monoisotopic (exact) mass is 374 g/mol. The molecule has 0 amide bonds. The number of methoxy groups -OCH3 is 1. The molecule has 0 aromatic heterocycles. The van der Waals surface area contributed by atoms with Crippen LogP contribution in [0.2, 0.25) is 0 Å². The third kappa shape index (κ3) is 4.92. The molecule has 144 valence electrons. The maximum atomic E-state index is 6.09. The lowest BCUT2D eigenvalue weighted by molar-refractivity contribution is 0.284. The van der Waals surface area contributed by atoms with Crippen LogP contribution in [-0.4, -0.2) is 13.3 Å². The normalized spacial score (nSPS) is 10.9. The zero-order valence-electron chi connectivity index (χ0n) is 16.8. The van der Waals surface area contributed by atoms with E-state index in [1.165, 1.54) is 16.7 Å². The third-order valence-electron chi connectivity index (χ3n) is 4.60. The van der Waals surface area contributed by atoms with E-state index in [1.54, 1.807) is 13.3 Å². The molecule has 0 aliphatic rings. The fourth-order valence-corrected chi connectivity index (χ4v) is 2.89. The molecular weight excluding hydrogens is 348 g/mol. The van der Waals surface area contributed by atoms with Gasteiger partial charge in [-0.05, 0) is 61.7 Å². The minimum Gasteiger partial charge on any atom is -0.493 e. The van der Waals surface area contributed by atoms with E-state index >= 15 is 0 Å². The van der Waals surface area contributed by atoms with Crippen molar-refractivity contribution in [3.8, 4) is 11.5 Å². The molecule has 4 heteroatoms. The Labute approximate surface area is 166 Å². The minimum absolute atomic E-state index is 0.466. The summed E-state index contributed by atoms with van der Waals surface area (Å²) in [6.07, 6.45) is 1.75. The summed E-state index contributed by atoms with van der Waals surface area (Å²) >= 11 is 0. The Hall–Kier alpha value is -3.27. The number of rotatable bonds is 7. The maximum Gasteiger partial charge on any atom is 0.170 e. The van der Waals surface area contributed by atoms with Crippen molar-refractivity contribution in [2.45, 2.75) is 27.4 Å². The van der Waals surface area contributed by atoms with Crippen molar-refractivity contribution in [1.82, 2.24) is 0 Å². The highest BCUT2D eigenvalue weighted by molar-refractivity contribution is 5.85. The summed E-state index contributed by atoms with van der Waals surface area (Å²) in [6, 6.07) is 20.2. The Morgan fingerprint density at radius 2 is 1.75 bits per heavy atom. The van der Waals surface area contributed by atoms with Gasteiger partial charge in [-0.25, -0.2) is 0 Å². The molecule has 0 aliphatic carbocycles. The van der Waals surface area contributed by atoms with Crippen molar-refractivity contribution in [2.24, 2.45) is 5.10 Å². The summed E-state index contributed by atoms with van der Waals surface area (Å²) in [5.74, 6) is 1.36. The van der Waals surface area contributed by atoms with E-state index in [0.29, 0.717) is 18.1 Å². The molecule has 0 fully saturated rings. The Balaban J connectivity index is 1.77. The van der Waals surface area contributed by atoms with Gasteiger partial charge >= 0.3 is 0 Å². The lowest BCUT2D eigenvalue weighted by atomic mass is 10.1. The average Bonchev–Trinajstić information content (AvgIpc) is 2.69. The lowest BCUT2D eigenvalue weighted by Gasteiger charge is -2.13. The molecule has 4 nitrogen and oxygen atoms in total. The van der Waals surface area contributed by atoms with Crippen LogP contribution in [0.3, 0.4) is 0 Å². The highest BCUT2D eigenvalue weighted by Gasteiger charge is 2.10. The van der Waals surface area contributed by atoms with Crippen LogP contribution in [0.5, 0.6) is 11.5 Å². The van der Waals surface area contributed by atoms with E-state index in [1.807, 2.05) is 30.3 Å². The molecule has 0 spiro atoms. The molecule has 0 saturated heterocycles. The summed E-state index contributed by atoms with van der Waals surface area (Å²) in [5, 5.41) is 4.38. The van der Waals surface area contributed by atoms with Crippen LogP contribution < -0.4 is 14.9 Å². The Morgan fingerprint density at radius 1 is 0.929 bits per heavy atom. The van der Waals surface area contributed by atoms with E-state index in [4.69, 9.17) is 9.47 Å². The largest absolute Gasteiger partial charge is 0.493 e. The molecule has 0 heterocycles. The smallest absolute Gasteiger partial charge is 0.170 e. The van der Waals surface area contributed by atoms with Gasteiger partial charge in [0.1, 0.15) is 6.61 Å². The number of benzene rings is 3. The molecule has 0 unspecified atom stereocenters. The number of hydrogen-bond acceptors (Lipinski definition) is 4. The zero-order valence-corrected chi connectivity index (χ0v) is 16.8. The number of hydrazone groups is 1. The molecule has 0 atom stereocenters. The van der Waals surface area contributed by atoms with Crippen molar-refractivity contribution in [2.75, 3.05) is 12.5 Å². The maximum absolute atomic E-state index is 6.09. The van der Waals surface area contributed by atoms with E-state index in [-0.39, 0.29) is 0 Å². The summed E-state index contributed by atoms with van der Waals surface area (Å²) in [7, 11) is 1.64. The summed E-state index contributed by atoms with van der Waals surface area (Å²) in [6.45, 7) is 6.72. The van der Waals surface area contributed by atoms with Crippen molar-refractivity contribution in [3.05, 3.63) is 88.5 Å². The number of nitrogens with zero attached hydrogens (tertiary/aromatic N) is 1. The molecule has 0 radical (unpaired) electrons. The van der Waals surface area contributed by atoms with Crippen LogP contribution in [0.15, 0.2) is 65.8 Å². The second-order valence-corrected chi connectivity index (χ2v) is 6.83. The van der Waals surface area contributed by atoms with E-state index < -0.39 is 0 Å². The third-order valence-corrected chi connectivity index (χ3v) is 4.60. The first-order chi connectivity index (χ1) is 13.6. The molecule has 1 N–H and O–H groups in total. The fraction of sp³-hybridized carbons (Fsp3) is 0.208. The van der Waals surface area contributed by atoms with Gasteiger partial charge in [0.05, 0.1) is 19.0 Å². The number of nitrogens with one attached hydrogen (secondary N) is 1. The highest BCUT2D eigenvalue weighted by Crippen LogP contribution is 2.31. The average molecular weight is 374 g/mol. The van der Waals surface area contributed by atoms with E-state index in [2.05, 4.69) is 61.6 Å². The summed E-state index contributed by atoms with van der Waals surface area (Å²) in [4.78, 5) is 0. The highest BCUT2D eigenvalue weighted by atomic mass is 16.5.